The zero-order chi connectivity index (χ0) is 23.5. The number of aromatic nitrogens is 1. The number of piperidine rings is 1. The molecule has 0 radical (unpaired) electrons. The predicted octanol–water partition coefficient (Wildman–Crippen LogP) is 4.02. The Labute approximate surface area is 193 Å². The molecule has 8 heteroatoms. The Hall–Kier alpha value is -3.68. The number of anilines is 1. The summed E-state index contributed by atoms with van der Waals surface area (Å²) in [4.78, 5) is 41.3. The summed E-state index contributed by atoms with van der Waals surface area (Å²) in [6, 6.07) is 10.3. The number of carbonyl (C=O) groups excluding carboxylic acids is 2. The van der Waals surface area contributed by atoms with Crippen LogP contribution in [0.4, 0.5) is 10.5 Å². The average molecular weight is 451 g/mol. The van der Waals surface area contributed by atoms with Gasteiger partial charge in [-0.1, -0.05) is 25.0 Å². The molecule has 1 aromatic carbocycles. The van der Waals surface area contributed by atoms with Crippen molar-refractivity contribution in [2.75, 3.05) is 25.0 Å². The normalized spacial score (nSPS) is 14.2. The molecule has 0 bridgehead atoms. The number of rotatable bonds is 9. The lowest BCUT2D eigenvalue weighted by molar-refractivity contribution is -0.116. The van der Waals surface area contributed by atoms with Crippen molar-refractivity contribution in [3.8, 4) is 0 Å². The zero-order valence-electron chi connectivity index (χ0n) is 18.6. The van der Waals surface area contributed by atoms with E-state index in [1.165, 1.54) is 6.08 Å². The molecule has 3 N–H and O–H groups in total. The molecule has 33 heavy (non-hydrogen) atoms. The van der Waals surface area contributed by atoms with Crippen molar-refractivity contribution in [2.45, 2.75) is 32.1 Å². The van der Waals surface area contributed by atoms with Crippen LogP contribution in [0, 0.1) is 5.92 Å². The summed E-state index contributed by atoms with van der Waals surface area (Å²) in [6.07, 6.45) is 10.5. The summed E-state index contributed by atoms with van der Waals surface area (Å²) < 4.78 is 0. The standard InChI is InChI=1S/C25H30N4O4/c30-23(10-9-20-6-4-13-26-18-20)27-14-2-1-5-19-11-15-29(16-12-19)24(31)21-7-3-8-22(17-21)28-25(32)33/h3-4,6-10,13,17-19,28H,1-2,5,11-12,14-16H2,(H,27,30)(H,32,33). The van der Waals surface area contributed by atoms with E-state index in [1.807, 2.05) is 17.0 Å². The first-order chi connectivity index (χ1) is 16.0. The SMILES string of the molecule is O=C(O)Nc1cccc(C(=O)N2CCC(CCCCNC(=O)C=Cc3cccnc3)CC2)c1. The van der Waals surface area contributed by atoms with Crippen molar-refractivity contribution in [3.05, 3.63) is 66.0 Å². The van der Waals surface area contributed by atoms with Crippen molar-refractivity contribution in [3.63, 3.8) is 0 Å². The van der Waals surface area contributed by atoms with Crippen LogP contribution in [0.2, 0.25) is 0 Å². The molecule has 0 aliphatic carbocycles. The molecule has 3 rings (SSSR count). The van der Waals surface area contributed by atoms with E-state index in [0.29, 0.717) is 36.8 Å². The minimum atomic E-state index is -1.15. The van der Waals surface area contributed by atoms with Gasteiger partial charge in [0.1, 0.15) is 0 Å². The van der Waals surface area contributed by atoms with E-state index >= 15 is 0 Å². The molecule has 0 unspecified atom stereocenters. The van der Waals surface area contributed by atoms with Crippen molar-refractivity contribution in [1.82, 2.24) is 15.2 Å². The predicted molar refractivity (Wildman–Crippen MR) is 127 cm³/mol. The van der Waals surface area contributed by atoms with Crippen LogP contribution in [-0.4, -0.2) is 52.5 Å². The van der Waals surface area contributed by atoms with Crippen LogP contribution < -0.4 is 10.6 Å². The fourth-order valence-electron chi connectivity index (χ4n) is 3.94. The summed E-state index contributed by atoms with van der Waals surface area (Å²) in [7, 11) is 0. The fraction of sp³-hybridized carbons (Fsp3) is 0.360. The van der Waals surface area contributed by atoms with E-state index in [2.05, 4.69) is 15.6 Å². The number of carbonyl (C=O) groups is 3. The Kier molecular flexibility index (Phi) is 8.99. The van der Waals surface area contributed by atoms with Crippen molar-refractivity contribution >= 4 is 29.7 Å². The molecule has 1 saturated heterocycles. The van der Waals surface area contributed by atoms with Gasteiger partial charge in [-0.25, -0.2) is 4.79 Å². The van der Waals surface area contributed by atoms with Crippen LogP contribution >= 0.6 is 0 Å². The molecule has 174 valence electrons. The second-order valence-electron chi connectivity index (χ2n) is 8.15. The Morgan fingerprint density at radius 3 is 2.67 bits per heavy atom. The van der Waals surface area contributed by atoms with Crippen LogP contribution in [0.15, 0.2) is 54.9 Å². The van der Waals surface area contributed by atoms with Crippen LogP contribution in [0.3, 0.4) is 0 Å². The van der Waals surface area contributed by atoms with Crippen molar-refractivity contribution in [2.24, 2.45) is 5.92 Å². The number of hydrogen-bond acceptors (Lipinski definition) is 4. The Bertz CT molecular complexity index is 969. The van der Waals surface area contributed by atoms with Gasteiger partial charge >= 0.3 is 6.09 Å². The lowest BCUT2D eigenvalue weighted by Gasteiger charge is -2.32. The highest BCUT2D eigenvalue weighted by molar-refractivity contribution is 5.96. The summed E-state index contributed by atoms with van der Waals surface area (Å²) in [5.74, 6) is 0.410. The topological polar surface area (TPSA) is 112 Å². The third-order valence-corrected chi connectivity index (χ3v) is 5.71. The van der Waals surface area contributed by atoms with E-state index in [-0.39, 0.29) is 11.8 Å². The monoisotopic (exact) mass is 450 g/mol. The first-order valence-corrected chi connectivity index (χ1v) is 11.3. The minimum absolute atomic E-state index is 0.0652. The maximum absolute atomic E-state index is 12.8. The number of nitrogens with zero attached hydrogens (tertiary/aromatic N) is 2. The smallest absolute Gasteiger partial charge is 0.409 e. The second kappa shape index (κ2) is 12.4. The molecule has 2 aromatic rings. The van der Waals surface area contributed by atoms with Gasteiger partial charge in [0.05, 0.1) is 0 Å². The van der Waals surface area contributed by atoms with Crippen LogP contribution in [0.25, 0.3) is 6.08 Å². The van der Waals surface area contributed by atoms with E-state index in [9.17, 15) is 14.4 Å². The number of carboxylic acid groups (broad SMARTS) is 1. The van der Waals surface area contributed by atoms with Gasteiger partial charge in [-0.15, -0.1) is 0 Å². The van der Waals surface area contributed by atoms with Gasteiger partial charge in [0.2, 0.25) is 5.91 Å². The maximum Gasteiger partial charge on any atom is 0.409 e. The highest BCUT2D eigenvalue weighted by atomic mass is 16.4. The highest BCUT2D eigenvalue weighted by Gasteiger charge is 2.23. The molecule has 3 amide bonds. The number of likely N-dealkylation sites (tertiary alicyclic amines) is 1. The summed E-state index contributed by atoms with van der Waals surface area (Å²) >= 11 is 0. The fourth-order valence-corrected chi connectivity index (χ4v) is 3.94. The quantitative estimate of drug-likeness (QED) is 0.395. The van der Waals surface area contributed by atoms with Gasteiger partial charge < -0.3 is 15.3 Å². The first kappa shape index (κ1) is 24.0. The molecular formula is C25H30N4O4. The lowest BCUT2D eigenvalue weighted by atomic mass is 9.91. The molecule has 0 spiro atoms. The average Bonchev–Trinajstić information content (AvgIpc) is 2.83. The highest BCUT2D eigenvalue weighted by Crippen LogP contribution is 2.24. The summed E-state index contributed by atoms with van der Waals surface area (Å²) in [5, 5.41) is 14.0. The molecule has 0 atom stereocenters. The zero-order valence-corrected chi connectivity index (χ0v) is 18.6. The van der Waals surface area contributed by atoms with Crippen LogP contribution in [0.5, 0.6) is 0 Å². The van der Waals surface area contributed by atoms with Gasteiger partial charge in [-0.05, 0) is 61.1 Å². The Balaban J connectivity index is 1.31. The molecule has 1 fully saturated rings. The summed E-state index contributed by atoms with van der Waals surface area (Å²) in [5.41, 5.74) is 1.78. The molecule has 8 nitrogen and oxygen atoms in total. The van der Waals surface area contributed by atoms with Gasteiger partial charge in [0.15, 0.2) is 0 Å². The van der Waals surface area contributed by atoms with E-state index in [1.54, 1.807) is 42.7 Å². The van der Waals surface area contributed by atoms with Crippen molar-refractivity contribution < 1.29 is 19.5 Å². The Morgan fingerprint density at radius 2 is 1.94 bits per heavy atom. The molecule has 2 heterocycles. The maximum atomic E-state index is 12.8. The molecule has 1 aliphatic heterocycles. The minimum Gasteiger partial charge on any atom is -0.465 e. The lowest BCUT2D eigenvalue weighted by Crippen LogP contribution is -2.38. The largest absolute Gasteiger partial charge is 0.465 e. The number of nitrogens with one attached hydrogen (secondary N) is 2. The van der Waals surface area contributed by atoms with Crippen molar-refractivity contribution in [1.29, 1.82) is 0 Å². The number of benzene rings is 1. The second-order valence-corrected chi connectivity index (χ2v) is 8.15. The molecule has 0 saturated carbocycles. The number of pyridine rings is 1. The van der Waals surface area contributed by atoms with Gasteiger partial charge in [0.25, 0.3) is 5.91 Å². The number of hydrogen-bond donors (Lipinski definition) is 3. The molecular weight excluding hydrogens is 420 g/mol. The van der Waals surface area contributed by atoms with Gasteiger partial charge in [-0.2, -0.15) is 0 Å². The number of unbranched alkanes of at least 4 members (excludes halogenated alkanes) is 1. The third kappa shape index (κ3) is 8.07. The molecule has 1 aliphatic rings. The van der Waals surface area contributed by atoms with E-state index in [0.717, 1.165) is 37.7 Å². The first-order valence-electron chi connectivity index (χ1n) is 11.3. The van der Waals surface area contributed by atoms with Crippen LogP contribution in [0.1, 0.15) is 48.0 Å². The van der Waals surface area contributed by atoms with Crippen LogP contribution in [-0.2, 0) is 4.79 Å². The van der Waals surface area contributed by atoms with E-state index < -0.39 is 6.09 Å². The third-order valence-electron chi connectivity index (χ3n) is 5.71. The molecule has 1 aromatic heterocycles. The number of amides is 3. The summed E-state index contributed by atoms with van der Waals surface area (Å²) in [6.45, 7) is 2.06. The van der Waals surface area contributed by atoms with Gasteiger partial charge in [-0.3, -0.25) is 19.9 Å². The van der Waals surface area contributed by atoms with E-state index in [4.69, 9.17) is 5.11 Å². The van der Waals surface area contributed by atoms with Gasteiger partial charge in [0, 0.05) is 49.4 Å². The Morgan fingerprint density at radius 1 is 1.12 bits per heavy atom.